The van der Waals surface area contributed by atoms with Gasteiger partial charge >= 0.3 is 35.4 Å². The van der Waals surface area contributed by atoms with Gasteiger partial charge in [0.15, 0.2) is 4.90 Å². The lowest BCUT2D eigenvalue weighted by atomic mass is 10.1. The smallest absolute Gasteiger partial charge is 0.343 e. The number of aliphatic carboxylic acids is 2. The maximum atomic E-state index is 11.3. The first kappa shape index (κ1) is 24.6. The SMILES string of the molecule is O=C(O)CCC(CCC(=O)O)(P(=O)(O)O)P(=O)(O)O.O=[PH](O)O. The molecule has 0 saturated carbocycles. The van der Waals surface area contributed by atoms with Crippen molar-refractivity contribution in [2.24, 2.45) is 0 Å². The highest BCUT2D eigenvalue weighted by Gasteiger charge is 2.59. The number of carbonyl (C=O) groups is 2. The number of hydrogen-bond acceptors (Lipinski definition) is 5. The van der Waals surface area contributed by atoms with Crippen molar-refractivity contribution in [2.45, 2.75) is 30.6 Å². The molecular weight excluding hydrogens is 385 g/mol. The molecule has 0 aromatic heterocycles. The van der Waals surface area contributed by atoms with Gasteiger partial charge in [-0.15, -0.1) is 0 Å². The summed E-state index contributed by atoms with van der Waals surface area (Å²) in [7, 11) is -14.0. The lowest BCUT2D eigenvalue weighted by Gasteiger charge is -2.33. The molecule has 0 amide bonds. The van der Waals surface area contributed by atoms with Gasteiger partial charge < -0.3 is 39.6 Å². The van der Waals surface area contributed by atoms with Gasteiger partial charge in [-0.25, -0.2) is 0 Å². The Labute approximate surface area is 129 Å². The Morgan fingerprint density at radius 1 is 0.826 bits per heavy atom. The first-order valence-corrected chi connectivity index (χ1v) is 10.1. The lowest BCUT2D eigenvalue weighted by molar-refractivity contribution is -0.137. The van der Waals surface area contributed by atoms with E-state index in [4.69, 9.17) is 44.1 Å². The highest BCUT2D eigenvalue weighted by molar-refractivity contribution is 7.72. The molecule has 16 heteroatoms. The molecule has 0 aliphatic heterocycles. The average molecular weight is 402 g/mol. The minimum Gasteiger partial charge on any atom is -0.481 e. The Balaban J connectivity index is 0. The largest absolute Gasteiger partial charge is 0.481 e. The normalized spacial score (nSPS) is 12.5. The molecule has 0 rings (SSSR count). The zero-order valence-electron chi connectivity index (χ0n) is 11.3. The van der Waals surface area contributed by atoms with Crippen LogP contribution in [0.25, 0.3) is 0 Å². The highest BCUT2D eigenvalue weighted by atomic mass is 31.2. The Morgan fingerprint density at radius 3 is 1.17 bits per heavy atom. The van der Waals surface area contributed by atoms with Crippen LogP contribution >= 0.6 is 23.4 Å². The van der Waals surface area contributed by atoms with E-state index in [0.29, 0.717) is 0 Å². The number of carboxylic acid groups (broad SMARTS) is 2. The Kier molecular flexibility index (Phi) is 10.3. The van der Waals surface area contributed by atoms with Gasteiger partial charge in [0.2, 0.25) is 0 Å². The second-order valence-electron chi connectivity index (χ2n) is 4.14. The fourth-order valence-corrected chi connectivity index (χ4v) is 4.46. The highest BCUT2D eigenvalue weighted by Crippen LogP contribution is 2.72. The molecule has 0 bridgehead atoms. The lowest BCUT2D eigenvalue weighted by Crippen LogP contribution is -2.31. The van der Waals surface area contributed by atoms with E-state index < -0.39 is 66.0 Å². The van der Waals surface area contributed by atoms with Crippen LogP contribution in [0.4, 0.5) is 0 Å². The molecule has 0 fully saturated rings. The van der Waals surface area contributed by atoms with Crippen LogP contribution in [0.3, 0.4) is 0 Å². The van der Waals surface area contributed by atoms with Crippen LogP contribution in [-0.2, 0) is 23.3 Å². The maximum Gasteiger partial charge on any atom is 0.343 e. The van der Waals surface area contributed by atoms with Crippen LogP contribution in [0.1, 0.15) is 25.7 Å². The minimum atomic E-state index is -5.43. The minimum absolute atomic E-state index is 0.907. The number of hydrogen-bond donors (Lipinski definition) is 8. The first-order chi connectivity index (χ1) is 10.1. The predicted molar refractivity (Wildman–Crippen MR) is 74.0 cm³/mol. The molecule has 138 valence electrons. The zero-order chi connectivity index (χ0) is 19.1. The molecular formula is C7H17O13P3. The Hall–Kier alpha value is -0.610. The van der Waals surface area contributed by atoms with Gasteiger partial charge in [0.1, 0.15) is 0 Å². The molecule has 13 nitrogen and oxygen atoms in total. The molecule has 0 atom stereocenters. The summed E-state index contributed by atoms with van der Waals surface area (Å²) < 4.78 is 31.4. The molecule has 23 heavy (non-hydrogen) atoms. The summed E-state index contributed by atoms with van der Waals surface area (Å²) in [4.78, 5) is 68.6. The maximum absolute atomic E-state index is 11.3. The summed E-state index contributed by atoms with van der Waals surface area (Å²) in [6.07, 6.45) is -3.86. The van der Waals surface area contributed by atoms with Gasteiger partial charge in [-0.3, -0.25) is 23.3 Å². The van der Waals surface area contributed by atoms with Crippen molar-refractivity contribution in [2.75, 3.05) is 0 Å². The van der Waals surface area contributed by atoms with Crippen molar-refractivity contribution >= 4 is 35.4 Å². The van der Waals surface area contributed by atoms with Crippen molar-refractivity contribution in [1.82, 2.24) is 0 Å². The molecule has 0 spiro atoms. The Bertz CT molecular complexity index is 484. The predicted octanol–water partition coefficient (Wildman–Crippen LogP) is -0.872. The zero-order valence-corrected chi connectivity index (χ0v) is 14.1. The van der Waals surface area contributed by atoms with E-state index in [9.17, 15) is 18.7 Å². The van der Waals surface area contributed by atoms with Crippen molar-refractivity contribution in [3.8, 4) is 0 Å². The van der Waals surface area contributed by atoms with Gasteiger partial charge in [0, 0.05) is 12.8 Å². The second kappa shape index (κ2) is 9.63. The molecule has 0 aromatic rings. The van der Waals surface area contributed by atoms with E-state index >= 15 is 0 Å². The number of carboxylic acids is 2. The third-order valence-electron chi connectivity index (χ3n) is 2.56. The first-order valence-electron chi connectivity index (χ1n) is 5.53. The molecule has 0 saturated heterocycles. The van der Waals surface area contributed by atoms with E-state index in [2.05, 4.69) is 0 Å². The summed E-state index contributed by atoms with van der Waals surface area (Å²) in [5.41, 5.74) is 0. The average Bonchev–Trinajstić information content (AvgIpc) is 2.23. The van der Waals surface area contributed by atoms with Crippen LogP contribution < -0.4 is 0 Å². The molecule has 0 radical (unpaired) electrons. The van der Waals surface area contributed by atoms with E-state index in [-0.39, 0.29) is 0 Å². The van der Waals surface area contributed by atoms with Gasteiger partial charge in [0.05, 0.1) is 0 Å². The second-order valence-corrected chi connectivity index (χ2v) is 8.95. The van der Waals surface area contributed by atoms with Crippen molar-refractivity contribution in [3.05, 3.63) is 0 Å². The Morgan fingerprint density at radius 2 is 1.04 bits per heavy atom. The van der Waals surface area contributed by atoms with Crippen LogP contribution in [0.2, 0.25) is 0 Å². The van der Waals surface area contributed by atoms with Crippen molar-refractivity contribution in [3.63, 3.8) is 0 Å². The van der Waals surface area contributed by atoms with Crippen molar-refractivity contribution in [1.29, 1.82) is 0 Å². The van der Waals surface area contributed by atoms with Gasteiger partial charge in [0.25, 0.3) is 0 Å². The fraction of sp³-hybridized carbons (Fsp3) is 0.714. The van der Waals surface area contributed by atoms with Crippen LogP contribution in [0.5, 0.6) is 0 Å². The van der Waals surface area contributed by atoms with Gasteiger partial charge in [-0.05, 0) is 12.8 Å². The van der Waals surface area contributed by atoms with Crippen LogP contribution in [-0.4, -0.2) is 56.4 Å². The van der Waals surface area contributed by atoms with E-state index in [1.54, 1.807) is 0 Å². The molecule has 0 unspecified atom stereocenters. The molecule has 0 aliphatic carbocycles. The summed E-state index contributed by atoms with van der Waals surface area (Å²) in [5, 5.41) is 16.9. The van der Waals surface area contributed by atoms with E-state index in [1.807, 2.05) is 0 Å². The van der Waals surface area contributed by atoms with Gasteiger partial charge in [-0.2, -0.15) is 0 Å². The van der Waals surface area contributed by atoms with Crippen molar-refractivity contribution < 1.29 is 62.9 Å². The third kappa shape index (κ3) is 9.31. The monoisotopic (exact) mass is 402 g/mol. The fourth-order valence-electron chi connectivity index (χ4n) is 1.49. The number of rotatable bonds is 8. The standard InChI is InChI=1S/C7H14O10P2.H3O3P/c8-5(9)1-3-7(18(12,13)14,19(15,16)17)4-2-6(10)11;1-4(2)3/h1-4H2,(H,8,9)(H,10,11)(H2,12,13,14)(H2,15,16,17);4H,(H2,1,2,3). The third-order valence-corrected chi connectivity index (χ3v) is 7.19. The topological polar surface area (TPSA) is 247 Å². The summed E-state index contributed by atoms with van der Waals surface area (Å²) in [6, 6.07) is 0. The quantitative estimate of drug-likeness (QED) is 0.230. The van der Waals surface area contributed by atoms with Crippen LogP contribution in [0, 0.1) is 0 Å². The van der Waals surface area contributed by atoms with E-state index in [0.717, 1.165) is 0 Å². The van der Waals surface area contributed by atoms with E-state index in [1.165, 1.54) is 0 Å². The summed E-state index contributed by atoms with van der Waals surface area (Å²) in [5.74, 6) is -3.02. The van der Waals surface area contributed by atoms with Crippen LogP contribution in [0.15, 0.2) is 0 Å². The molecule has 0 heterocycles. The molecule has 0 aliphatic rings. The molecule has 0 aromatic carbocycles. The molecule has 8 N–H and O–H groups in total. The summed E-state index contributed by atoms with van der Waals surface area (Å²) in [6.45, 7) is 0. The van der Waals surface area contributed by atoms with Gasteiger partial charge in [-0.1, -0.05) is 0 Å². The summed E-state index contributed by atoms with van der Waals surface area (Å²) >= 11 is 0.